The van der Waals surface area contributed by atoms with E-state index in [-0.39, 0.29) is 4.90 Å². The number of carboxylic acid groups (broad SMARTS) is 1. The van der Waals surface area contributed by atoms with Gasteiger partial charge in [0.25, 0.3) is 0 Å². The van der Waals surface area contributed by atoms with E-state index in [2.05, 4.69) is 9.71 Å². The quantitative estimate of drug-likeness (QED) is 0.897. The summed E-state index contributed by atoms with van der Waals surface area (Å²) in [6.45, 7) is 0. The Bertz CT molecular complexity index is 821. The van der Waals surface area contributed by atoms with E-state index in [1.54, 1.807) is 24.4 Å². The molecule has 0 amide bonds. The number of sulfonamides is 1. The zero-order chi connectivity index (χ0) is 15.8. The van der Waals surface area contributed by atoms with E-state index < -0.39 is 21.5 Å². The van der Waals surface area contributed by atoms with Gasteiger partial charge in [0, 0.05) is 23.2 Å². The molecule has 2 aromatic rings. The molecule has 0 saturated heterocycles. The first-order valence-electron chi connectivity index (χ1n) is 7.05. The van der Waals surface area contributed by atoms with Gasteiger partial charge in [-0.15, -0.1) is 0 Å². The Morgan fingerprint density at radius 2 is 1.95 bits per heavy atom. The van der Waals surface area contributed by atoms with Crippen LogP contribution in [-0.4, -0.2) is 30.0 Å². The van der Waals surface area contributed by atoms with Gasteiger partial charge in [-0.1, -0.05) is 25.0 Å². The van der Waals surface area contributed by atoms with Crippen LogP contribution in [0.3, 0.4) is 0 Å². The molecule has 1 heterocycles. The van der Waals surface area contributed by atoms with Gasteiger partial charge in [-0.2, -0.15) is 4.72 Å². The van der Waals surface area contributed by atoms with Gasteiger partial charge >= 0.3 is 5.97 Å². The predicted octanol–water partition coefficient (Wildman–Crippen LogP) is 1.91. The van der Waals surface area contributed by atoms with Crippen molar-refractivity contribution in [3.8, 4) is 0 Å². The maximum atomic E-state index is 12.7. The Morgan fingerprint density at radius 1 is 1.23 bits per heavy atom. The lowest BCUT2D eigenvalue weighted by Crippen LogP contribution is -2.52. The number of hydrogen-bond acceptors (Lipinski definition) is 4. The monoisotopic (exact) mass is 320 g/mol. The Morgan fingerprint density at radius 3 is 2.64 bits per heavy atom. The summed E-state index contributed by atoms with van der Waals surface area (Å²) in [4.78, 5) is 15.6. The van der Waals surface area contributed by atoms with Crippen LogP contribution in [0.4, 0.5) is 0 Å². The van der Waals surface area contributed by atoms with Crippen LogP contribution in [0.2, 0.25) is 0 Å². The highest BCUT2D eigenvalue weighted by Crippen LogP contribution is 2.32. The average molecular weight is 320 g/mol. The van der Waals surface area contributed by atoms with E-state index in [1.807, 2.05) is 0 Å². The minimum Gasteiger partial charge on any atom is -0.480 e. The van der Waals surface area contributed by atoms with Crippen molar-refractivity contribution in [2.45, 2.75) is 36.1 Å². The maximum Gasteiger partial charge on any atom is 0.324 e. The highest BCUT2D eigenvalue weighted by molar-refractivity contribution is 7.89. The molecule has 0 atom stereocenters. The molecule has 7 heteroatoms. The van der Waals surface area contributed by atoms with Crippen molar-refractivity contribution in [3.63, 3.8) is 0 Å². The van der Waals surface area contributed by atoms with Gasteiger partial charge in [-0.25, -0.2) is 8.42 Å². The van der Waals surface area contributed by atoms with Crippen molar-refractivity contribution in [2.24, 2.45) is 0 Å². The number of pyridine rings is 1. The molecule has 1 fully saturated rings. The van der Waals surface area contributed by atoms with Crippen LogP contribution in [-0.2, 0) is 14.8 Å². The van der Waals surface area contributed by atoms with Crippen molar-refractivity contribution in [3.05, 3.63) is 36.7 Å². The molecule has 1 aromatic carbocycles. The van der Waals surface area contributed by atoms with Crippen LogP contribution in [0.25, 0.3) is 10.8 Å². The van der Waals surface area contributed by atoms with Gasteiger partial charge < -0.3 is 5.11 Å². The lowest BCUT2D eigenvalue weighted by Gasteiger charge is -2.25. The third-order valence-corrected chi connectivity index (χ3v) is 5.72. The van der Waals surface area contributed by atoms with Crippen molar-refractivity contribution >= 4 is 26.8 Å². The van der Waals surface area contributed by atoms with Gasteiger partial charge in [0.05, 0.1) is 4.90 Å². The lowest BCUT2D eigenvalue weighted by molar-refractivity contribution is -0.143. The second kappa shape index (κ2) is 5.33. The van der Waals surface area contributed by atoms with Crippen LogP contribution in [0, 0.1) is 0 Å². The van der Waals surface area contributed by atoms with Gasteiger partial charge in [-0.05, 0) is 25.0 Å². The minimum absolute atomic E-state index is 0.0833. The molecule has 0 bridgehead atoms. The normalized spacial score (nSPS) is 17.6. The molecule has 0 radical (unpaired) electrons. The fourth-order valence-corrected chi connectivity index (χ4v) is 4.63. The smallest absolute Gasteiger partial charge is 0.324 e. The molecule has 6 nitrogen and oxygen atoms in total. The van der Waals surface area contributed by atoms with Crippen LogP contribution in [0.15, 0.2) is 41.6 Å². The number of aromatic nitrogens is 1. The molecule has 3 rings (SSSR count). The van der Waals surface area contributed by atoms with E-state index in [9.17, 15) is 18.3 Å². The summed E-state index contributed by atoms with van der Waals surface area (Å²) < 4.78 is 27.9. The summed E-state index contributed by atoms with van der Waals surface area (Å²) in [5, 5.41) is 10.7. The van der Waals surface area contributed by atoms with E-state index in [1.165, 1.54) is 12.3 Å². The number of rotatable bonds is 4. The topological polar surface area (TPSA) is 96.4 Å². The van der Waals surface area contributed by atoms with Crippen LogP contribution in [0.1, 0.15) is 25.7 Å². The molecule has 1 aromatic heterocycles. The number of hydrogen-bond donors (Lipinski definition) is 2. The fraction of sp³-hybridized carbons (Fsp3) is 0.333. The molecule has 2 N–H and O–H groups in total. The van der Waals surface area contributed by atoms with Gasteiger partial charge in [-0.3, -0.25) is 9.78 Å². The number of carboxylic acids is 1. The summed E-state index contributed by atoms with van der Waals surface area (Å²) in [5.74, 6) is -1.12. The molecule has 0 unspecified atom stereocenters. The molecule has 0 spiro atoms. The second-order valence-electron chi connectivity index (χ2n) is 5.55. The van der Waals surface area contributed by atoms with E-state index in [0.717, 1.165) is 0 Å². The van der Waals surface area contributed by atoms with Crippen molar-refractivity contribution < 1.29 is 18.3 Å². The highest BCUT2D eigenvalue weighted by atomic mass is 32.2. The Labute approximate surface area is 128 Å². The number of benzene rings is 1. The molecule has 1 aliphatic carbocycles. The molecule has 1 aliphatic rings. The summed E-state index contributed by atoms with van der Waals surface area (Å²) in [6, 6.07) is 6.49. The minimum atomic E-state index is -3.93. The van der Waals surface area contributed by atoms with Crippen LogP contribution >= 0.6 is 0 Å². The van der Waals surface area contributed by atoms with Crippen molar-refractivity contribution in [2.75, 3.05) is 0 Å². The van der Waals surface area contributed by atoms with Crippen LogP contribution < -0.4 is 4.72 Å². The number of carbonyl (C=O) groups is 1. The third-order valence-electron chi connectivity index (χ3n) is 4.13. The van der Waals surface area contributed by atoms with E-state index in [0.29, 0.717) is 36.5 Å². The number of fused-ring (bicyclic) bond motifs is 1. The Kier molecular flexibility index (Phi) is 3.62. The van der Waals surface area contributed by atoms with Gasteiger partial charge in [0.1, 0.15) is 5.54 Å². The number of nitrogens with one attached hydrogen (secondary N) is 1. The number of aliphatic carboxylic acids is 1. The standard InChI is InChI=1S/C15H16N2O4S/c18-14(19)15(7-1-2-8-15)17-22(20,21)13-5-3-4-11-10-16-9-6-12(11)13/h3-6,9-10,17H,1-2,7-8H2,(H,18,19). The SMILES string of the molecule is O=C(O)C1(NS(=O)(=O)c2cccc3cnccc23)CCCC1. The summed E-state index contributed by atoms with van der Waals surface area (Å²) >= 11 is 0. The molecule has 22 heavy (non-hydrogen) atoms. The van der Waals surface area contributed by atoms with E-state index in [4.69, 9.17) is 0 Å². The van der Waals surface area contributed by atoms with Gasteiger partial charge in [0.2, 0.25) is 10.0 Å². The molecular weight excluding hydrogens is 304 g/mol. The zero-order valence-corrected chi connectivity index (χ0v) is 12.6. The van der Waals surface area contributed by atoms with Crippen LogP contribution in [0.5, 0.6) is 0 Å². The first-order chi connectivity index (χ1) is 10.4. The average Bonchev–Trinajstić information content (AvgIpc) is 2.96. The maximum absolute atomic E-state index is 12.7. The largest absolute Gasteiger partial charge is 0.480 e. The van der Waals surface area contributed by atoms with Crippen molar-refractivity contribution in [1.82, 2.24) is 9.71 Å². The third kappa shape index (κ3) is 2.46. The van der Waals surface area contributed by atoms with Gasteiger partial charge in [0.15, 0.2) is 0 Å². The molecule has 0 aliphatic heterocycles. The fourth-order valence-electron chi connectivity index (χ4n) is 2.98. The first kappa shape index (κ1) is 14.9. The first-order valence-corrected chi connectivity index (χ1v) is 8.53. The second-order valence-corrected chi connectivity index (χ2v) is 7.20. The summed E-state index contributed by atoms with van der Waals surface area (Å²) in [6.07, 6.45) is 5.13. The molecular formula is C15H16N2O4S. The zero-order valence-electron chi connectivity index (χ0n) is 11.8. The Hall–Kier alpha value is -1.99. The molecule has 116 valence electrons. The lowest BCUT2D eigenvalue weighted by atomic mass is 10.0. The number of nitrogens with zero attached hydrogens (tertiary/aromatic N) is 1. The molecule has 1 saturated carbocycles. The predicted molar refractivity (Wildman–Crippen MR) is 80.9 cm³/mol. The highest BCUT2D eigenvalue weighted by Gasteiger charge is 2.44. The van der Waals surface area contributed by atoms with E-state index >= 15 is 0 Å². The summed E-state index contributed by atoms with van der Waals surface area (Å²) in [7, 11) is -3.93. The summed E-state index contributed by atoms with van der Waals surface area (Å²) in [5.41, 5.74) is -1.39. The Balaban J connectivity index is 2.07. The van der Waals surface area contributed by atoms with Crippen molar-refractivity contribution in [1.29, 1.82) is 0 Å².